The summed E-state index contributed by atoms with van der Waals surface area (Å²) >= 11 is 3.12. The second-order valence-corrected chi connectivity index (χ2v) is 5.08. The van der Waals surface area contributed by atoms with Crippen LogP contribution in [0.4, 0.5) is 5.69 Å². The average Bonchev–Trinajstić information content (AvgIpc) is 2.39. The number of nitro groups is 1. The third-order valence-corrected chi connectivity index (χ3v) is 3.96. The molecule has 1 N–H and O–H groups in total. The zero-order valence-corrected chi connectivity index (χ0v) is 12.6. The molecule has 5 nitrogen and oxygen atoms in total. The first-order valence-corrected chi connectivity index (χ1v) is 7.01. The predicted molar refractivity (Wildman–Crippen MR) is 77.2 cm³/mol. The van der Waals surface area contributed by atoms with E-state index in [9.17, 15) is 14.9 Å². The van der Waals surface area contributed by atoms with Gasteiger partial charge in [0.05, 0.1) is 10.5 Å². The first-order valence-electron chi connectivity index (χ1n) is 6.22. The topological polar surface area (TPSA) is 72.2 Å². The lowest BCUT2D eigenvalue weighted by Gasteiger charge is -2.13. The van der Waals surface area contributed by atoms with Gasteiger partial charge in [-0.05, 0) is 27.9 Å². The van der Waals surface area contributed by atoms with Crippen molar-refractivity contribution in [2.45, 2.75) is 26.7 Å². The number of carbonyl (C=O) groups is 1. The molecule has 0 fully saturated rings. The highest BCUT2D eigenvalue weighted by Gasteiger charge is 2.19. The van der Waals surface area contributed by atoms with E-state index in [0.717, 1.165) is 12.8 Å². The zero-order chi connectivity index (χ0) is 14.4. The highest BCUT2D eigenvalue weighted by Crippen LogP contribution is 2.28. The molecule has 6 heteroatoms. The summed E-state index contributed by atoms with van der Waals surface area (Å²) in [5.41, 5.74) is 0.190. The monoisotopic (exact) mass is 328 g/mol. The number of carbonyl (C=O) groups excluding carboxylic acids is 1. The van der Waals surface area contributed by atoms with Crippen LogP contribution in [0.25, 0.3) is 0 Å². The van der Waals surface area contributed by atoms with Gasteiger partial charge in [0.25, 0.3) is 11.6 Å². The fraction of sp³-hybridized carbons (Fsp3) is 0.462. The van der Waals surface area contributed by atoms with Gasteiger partial charge in [0.15, 0.2) is 0 Å². The van der Waals surface area contributed by atoms with Crippen LogP contribution in [-0.4, -0.2) is 17.4 Å². The van der Waals surface area contributed by atoms with Crippen molar-refractivity contribution in [1.82, 2.24) is 5.32 Å². The summed E-state index contributed by atoms with van der Waals surface area (Å²) in [7, 11) is 0. The maximum Gasteiger partial charge on any atom is 0.284 e. The SMILES string of the molecule is CCC(CC)CNC(=O)c1cccc([N+](=O)[O-])c1Br. The molecule has 1 rings (SSSR count). The molecule has 19 heavy (non-hydrogen) atoms. The lowest BCUT2D eigenvalue weighted by molar-refractivity contribution is -0.385. The molecule has 0 aliphatic rings. The molecule has 0 atom stereocenters. The number of nitro benzene ring substituents is 1. The lowest BCUT2D eigenvalue weighted by Crippen LogP contribution is -2.29. The van der Waals surface area contributed by atoms with Gasteiger partial charge in [-0.1, -0.05) is 32.8 Å². The van der Waals surface area contributed by atoms with E-state index >= 15 is 0 Å². The Balaban J connectivity index is 2.83. The van der Waals surface area contributed by atoms with Crippen LogP contribution < -0.4 is 5.32 Å². The number of benzene rings is 1. The van der Waals surface area contributed by atoms with Crippen molar-refractivity contribution < 1.29 is 9.72 Å². The minimum Gasteiger partial charge on any atom is -0.352 e. The number of nitrogens with zero attached hydrogens (tertiary/aromatic N) is 1. The van der Waals surface area contributed by atoms with E-state index in [1.165, 1.54) is 12.1 Å². The Bertz CT molecular complexity index is 473. The van der Waals surface area contributed by atoms with Gasteiger partial charge in [-0.25, -0.2) is 0 Å². The van der Waals surface area contributed by atoms with E-state index in [1.807, 2.05) is 0 Å². The highest BCUT2D eigenvalue weighted by molar-refractivity contribution is 9.10. The first-order chi connectivity index (χ1) is 9.01. The number of rotatable bonds is 6. The summed E-state index contributed by atoms with van der Waals surface area (Å²) in [6.45, 7) is 4.73. The Kier molecular flexibility index (Phi) is 5.95. The van der Waals surface area contributed by atoms with Crippen LogP contribution in [0.5, 0.6) is 0 Å². The fourth-order valence-corrected chi connectivity index (χ4v) is 2.33. The molecule has 1 aromatic carbocycles. The normalized spacial score (nSPS) is 10.5. The molecule has 0 saturated heterocycles. The van der Waals surface area contributed by atoms with Crippen molar-refractivity contribution in [3.63, 3.8) is 0 Å². The lowest BCUT2D eigenvalue weighted by atomic mass is 10.0. The highest BCUT2D eigenvalue weighted by atomic mass is 79.9. The maximum atomic E-state index is 12.0. The zero-order valence-electron chi connectivity index (χ0n) is 11.0. The average molecular weight is 329 g/mol. The van der Waals surface area contributed by atoms with E-state index in [4.69, 9.17) is 0 Å². The van der Waals surface area contributed by atoms with Gasteiger partial charge < -0.3 is 5.32 Å². The molecule has 0 aliphatic carbocycles. The Hall–Kier alpha value is -1.43. The molecule has 0 radical (unpaired) electrons. The van der Waals surface area contributed by atoms with Crippen LogP contribution in [0.1, 0.15) is 37.0 Å². The molecule has 1 amide bonds. The summed E-state index contributed by atoms with van der Waals surface area (Å²) in [5.74, 6) is 0.142. The Labute approximate surface area is 120 Å². The van der Waals surface area contributed by atoms with Crippen molar-refractivity contribution >= 4 is 27.5 Å². The molecule has 0 aromatic heterocycles. The third kappa shape index (κ3) is 4.02. The quantitative estimate of drug-likeness (QED) is 0.641. The number of halogens is 1. The summed E-state index contributed by atoms with van der Waals surface area (Å²) < 4.78 is 0.224. The number of hydrogen-bond acceptors (Lipinski definition) is 3. The third-order valence-electron chi connectivity index (χ3n) is 3.13. The Morgan fingerprint density at radius 2 is 2.05 bits per heavy atom. The van der Waals surface area contributed by atoms with Crippen LogP contribution in [0.3, 0.4) is 0 Å². The number of amides is 1. The van der Waals surface area contributed by atoms with Gasteiger partial charge in [-0.3, -0.25) is 14.9 Å². The molecular weight excluding hydrogens is 312 g/mol. The van der Waals surface area contributed by atoms with Gasteiger partial charge in [-0.2, -0.15) is 0 Å². The van der Waals surface area contributed by atoms with E-state index in [2.05, 4.69) is 35.1 Å². The molecule has 0 unspecified atom stereocenters. The van der Waals surface area contributed by atoms with Gasteiger partial charge in [0.2, 0.25) is 0 Å². The number of hydrogen-bond donors (Lipinski definition) is 1. The molecular formula is C13H17BrN2O3. The van der Waals surface area contributed by atoms with E-state index in [-0.39, 0.29) is 16.1 Å². The van der Waals surface area contributed by atoms with Gasteiger partial charge in [0, 0.05) is 12.6 Å². The number of nitrogens with one attached hydrogen (secondary N) is 1. The van der Waals surface area contributed by atoms with Crippen molar-refractivity contribution in [2.75, 3.05) is 6.54 Å². The molecule has 0 spiro atoms. The summed E-state index contributed by atoms with van der Waals surface area (Å²) in [4.78, 5) is 22.3. The maximum absolute atomic E-state index is 12.0. The van der Waals surface area contributed by atoms with Crippen LogP contribution in [0, 0.1) is 16.0 Å². The molecule has 0 bridgehead atoms. The second-order valence-electron chi connectivity index (χ2n) is 4.29. The first kappa shape index (κ1) is 15.6. The smallest absolute Gasteiger partial charge is 0.284 e. The summed E-state index contributed by atoms with van der Waals surface area (Å²) in [5, 5.41) is 13.6. The minimum absolute atomic E-state index is 0.102. The van der Waals surface area contributed by atoms with Crippen LogP contribution in [0.2, 0.25) is 0 Å². The van der Waals surface area contributed by atoms with Crippen molar-refractivity contribution in [3.8, 4) is 0 Å². The van der Waals surface area contributed by atoms with Gasteiger partial charge in [-0.15, -0.1) is 0 Å². The van der Waals surface area contributed by atoms with E-state index in [0.29, 0.717) is 18.0 Å². The van der Waals surface area contributed by atoms with Crippen LogP contribution >= 0.6 is 15.9 Å². The van der Waals surface area contributed by atoms with Gasteiger partial charge >= 0.3 is 0 Å². The molecule has 1 aromatic rings. The van der Waals surface area contributed by atoms with Crippen LogP contribution in [-0.2, 0) is 0 Å². The van der Waals surface area contributed by atoms with E-state index in [1.54, 1.807) is 6.07 Å². The van der Waals surface area contributed by atoms with E-state index < -0.39 is 4.92 Å². The van der Waals surface area contributed by atoms with Crippen molar-refractivity contribution in [1.29, 1.82) is 0 Å². The summed E-state index contributed by atoms with van der Waals surface area (Å²) in [6, 6.07) is 4.44. The minimum atomic E-state index is -0.512. The van der Waals surface area contributed by atoms with Crippen LogP contribution in [0.15, 0.2) is 22.7 Å². The van der Waals surface area contributed by atoms with Gasteiger partial charge in [0.1, 0.15) is 4.47 Å². The molecule has 0 aliphatic heterocycles. The summed E-state index contributed by atoms with van der Waals surface area (Å²) in [6.07, 6.45) is 1.99. The van der Waals surface area contributed by atoms with Crippen molar-refractivity contribution in [2.24, 2.45) is 5.92 Å². The Morgan fingerprint density at radius 1 is 1.42 bits per heavy atom. The Morgan fingerprint density at radius 3 is 2.58 bits per heavy atom. The van der Waals surface area contributed by atoms with Crippen molar-refractivity contribution in [3.05, 3.63) is 38.3 Å². The largest absolute Gasteiger partial charge is 0.352 e. The molecule has 104 valence electrons. The second kappa shape index (κ2) is 7.23. The fourth-order valence-electron chi connectivity index (χ4n) is 1.75. The predicted octanol–water partition coefficient (Wildman–Crippen LogP) is 3.52. The molecule has 0 saturated carbocycles. The standard InChI is InChI=1S/C13H17BrN2O3/c1-3-9(4-2)8-15-13(17)10-6-5-7-11(12(10)14)16(18)19/h5-7,9H,3-4,8H2,1-2H3,(H,15,17). The molecule has 0 heterocycles.